The van der Waals surface area contributed by atoms with Gasteiger partial charge in [-0.25, -0.2) is 0 Å². The van der Waals surface area contributed by atoms with Crippen LogP contribution >= 0.6 is 0 Å². The molecular formula is C9H9FO4. The fourth-order valence-electron chi connectivity index (χ4n) is 1.06. The monoisotopic (exact) mass is 200 g/mol. The number of phenolic OH excluding ortho intramolecular Hbond substituents is 1. The highest BCUT2D eigenvalue weighted by molar-refractivity contribution is 5.70. The highest BCUT2D eigenvalue weighted by Gasteiger charge is 2.11. The summed E-state index contributed by atoms with van der Waals surface area (Å²) in [5, 5.41) is 17.6. The highest BCUT2D eigenvalue weighted by atomic mass is 19.1. The first kappa shape index (κ1) is 10.3. The molecule has 0 heterocycles. The summed E-state index contributed by atoms with van der Waals surface area (Å²) < 4.78 is 17.6. The van der Waals surface area contributed by atoms with E-state index < -0.39 is 17.5 Å². The Hall–Kier alpha value is -1.78. The lowest BCUT2D eigenvalue weighted by Crippen LogP contribution is -2.01. The maximum Gasteiger partial charge on any atom is 0.307 e. The summed E-state index contributed by atoms with van der Waals surface area (Å²) in [5.41, 5.74) is 0.285. The van der Waals surface area contributed by atoms with Gasteiger partial charge in [0.1, 0.15) is 0 Å². The van der Waals surface area contributed by atoms with Crippen LogP contribution in [-0.4, -0.2) is 23.3 Å². The number of aliphatic carboxylic acids is 1. The van der Waals surface area contributed by atoms with Gasteiger partial charge in [0, 0.05) is 0 Å². The molecule has 0 bridgehead atoms. The van der Waals surface area contributed by atoms with Crippen molar-refractivity contribution in [3.05, 3.63) is 23.5 Å². The quantitative estimate of drug-likeness (QED) is 0.768. The van der Waals surface area contributed by atoms with Crippen LogP contribution in [0.25, 0.3) is 0 Å². The first-order valence-corrected chi connectivity index (χ1v) is 3.81. The zero-order valence-electron chi connectivity index (χ0n) is 7.45. The van der Waals surface area contributed by atoms with E-state index in [1.54, 1.807) is 0 Å². The van der Waals surface area contributed by atoms with Gasteiger partial charge in [-0.2, -0.15) is 4.39 Å². The van der Waals surface area contributed by atoms with E-state index in [0.29, 0.717) is 0 Å². The van der Waals surface area contributed by atoms with Crippen LogP contribution in [0.2, 0.25) is 0 Å². The molecule has 0 unspecified atom stereocenters. The Labute approximate surface area is 79.6 Å². The second-order valence-corrected chi connectivity index (χ2v) is 2.70. The molecule has 2 N–H and O–H groups in total. The van der Waals surface area contributed by atoms with Crippen molar-refractivity contribution in [3.63, 3.8) is 0 Å². The molecule has 0 radical (unpaired) electrons. The van der Waals surface area contributed by atoms with E-state index in [1.807, 2.05) is 0 Å². The lowest BCUT2D eigenvalue weighted by molar-refractivity contribution is -0.136. The van der Waals surface area contributed by atoms with Gasteiger partial charge in [0.15, 0.2) is 11.5 Å². The number of aromatic hydroxyl groups is 1. The van der Waals surface area contributed by atoms with E-state index in [-0.39, 0.29) is 17.7 Å². The normalized spacial score (nSPS) is 9.86. The highest BCUT2D eigenvalue weighted by Crippen LogP contribution is 2.27. The Morgan fingerprint density at radius 3 is 2.71 bits per heavy atom. The SMILES string of the molecule is COc1cc(CC(=O)O)cc(O)c1F. The molecule has 4 nitrogen and oxygen atoms in total. The number of rotatable bonds is 3. The van der Waals surface area contributed by atoms with Crippen LogP contribution < -0.4 is 4.74 Å². The van der Waals surface area contributed by atoms with E-state index in [1.165, 1.54) is 13.2 Å². The van der Waals surface area contributed by atoms with E-state index in [9.17, 15) is 9.18 Å². The maximum atomic E-state index is 13.0. The summed E-state index contributed by atoms with van der Waals surface area (Å²) >= 11 is 0. The van der Waals surface area contributed by atoms with E-state index >= 15 is 0 Å². The molecule has 1 rings (SSSR count). The molecule has 1 aromatic rings. The third kappa shape index (κ3) is 2.12. The zero-order valence-corrected chi connectivity index (χ0v) is 7.45. The molecule has 0 saturated heterocycles. The van der Waals surface area contributed by atoms with E-state index in [2.05, 4.69) is 4.74 Å². The Bertz CT molecular complexity index is 362. The lowest BCUT2D eigenvalue weighted by atomic mass is 10.1. The molecule has 1 aromatic carbocycles. The van der Waals surface area contributed by atoms with Gasteiger partial charge in [0.05, 0.1) is 13.5 Å². The van der Waals surface area contributed by atoms with Crippen LogP contribution in [0.5, 0.6) is 11.5 Å². The maximum absolute atomic E-state index is 13.0. The van der Waals surface area contributed by atoms with Crippen LogP contribution in [0, 0.1) is 5.82 Å². The van der Waals surface area contributed by atoms with Gasteiger partial charge < -0.3 is 14.9 Å². The van der Waals surface area contributed by atoms with Crippen molar-refractivity contribution < 1.29 is 24.1 Å². The van der Waals surface area contributed by atoms with Crippen LogP contribution in [0.3, 0.4) is 0 Å². The summed E-state index contributed by atoms with van der Waals surface area (Å²) in [7, 11) is 1.24. The van der Waals surface area contributed by atoms with Gasteiger partial charge in [-0.3, -0.25) is 4.79 Å². The number of carboxylic acid groups (broad SMARTS) is 1. The Morgan fingerprint density at radius 1 is 1.57 bits per heavy atom. The number of benzene rings is 1. The molecule has 0 aliphatic rings. The number of hydrogen-bond donors (Lipinski definition) is 2. The molecule has 0 amide bonds. The molecule has 0 atom stereocenters. The minimum Gasteiger partial charge on any atom is -0.505 e. The summed E-state index contributed by atoms with van der Waals surface area (Å²) in [6, 6.07) is 2.30. The molecule has 0 aliphatic heterocycles. The van der Waals surface area contributed by atoms with Crippen LogP contribution in [0.1, 0.15) is 5.56 Å². The predicted molar refractivity (Wildman–Crippen MR) is 46.0 cm³/mol. The summed E-state index contributed by atoms with van der Waals surface area (Å²) in [6.07, 6.45) is -0.288. The van der Waals surface area contributed by atoms with Gasteiger partial charge in [0.2, 0.25) is 5.82 Å². The van der Waals surface area contributed by atoms with Gasteiger partial charge in [-0.05, 0) is 17.7 Å². The van der Waals surface area contributed by atoms with Crippen molar-refractivity contribution in [1.29, 1.82) is 0 Å². The third-order valence-electron chi connectivity index (χ3n) is 1.66. The largest absolute Gasteiger partial charge is 0.505 e. The molecule has 0 fully saturated rings. The molecule has 0 aliphatic carbocycles. The van der Waals surface area contributed by atoms with Crippen molar-refractivity contribution in [2.24, 2.45) is 0 Å². The van der Waals surface area contributed by atoms with Gasteiger partial charge >= 0.3 is 5.97 Å². The number of carbonyl (C=O) groups is 1. The molecule has 14 heavy (non-hydrogen) atoms. The first-order valence-electron chi connectivity index (χ1n) is 3.81. The average molecular weight is 200 g/mol. The second kappa shape index (κ2) is 3.95. The van der Waals surface area contributed by atoms with Crippen molar-refractivity contribution >= 4 is 5.97 Å². The number of halogens is 1. The smallest absolute Gasteiger partial charge is 0.307 e. The third-order valence-corrected chi connectivity index (χ3v) is 1.66. The van der Waals surface area contributed by atoms with E-state index in [0.717, 1.165) is 6.07 Å². The number of ether oxygens (including phenoxy) is 1. The standard InChI is InChI=1S/C9H9FO4/c1-14-7-3-5(4-8(12)13)2-6(11)9(7)10/h2-3,11H,4H2,1H3,(H,12,13). The van der Waals surface area contributed by atoms with Crippen LogP contribution in [0.15, 0.2) is 12.1 Å². The number of methoxy groups -OCH3 is 1. The van der Waals surface area contributed by atoms with Crippen LogP contribution in [-0.2, 0) is 11.2 Å². The minimum absolute atomic E-state index is 0.166. The van der Waals surface area contributed by atoms with Crippen molar-refractivity contribution in [3.8, 4) is 11.5 Å². The van der Waals surface area contributed by atoms with E-state index in [4.69, 9.17) is 10.2 Å². The summed E-state index contributed by atoms with van der Waals surface area (Å²) in [6.45, 7) is 0. The van der Waals surface area contributed by atoms with Gasteiger partial charge in [-0.1, -0.05) is 0 Å². The second-order valence-electron chi connectivity index (χ2n) is 2.70. The van der Waals surface area contributed by atoms with Crippen LogP contribution in [0.4, 0.5) is 4.39 Å². The minimum atomic E-state index is -1.06. The summed E-state index contributed by atoms with van der Waals surface area (Å²) in [4.78, 5) is 10.3. The molecule has 0 spiro atoms. The Morgan fingerprint density at radius 2 is 2.21 bits per heavy atom. The zero-order chi connectivity index (χ0) is 10.7. The Kier molecular flexibility index (Phi) is 2.91. The molecule has 0 saturated carbocycles. The Balaban J connectivity index is 3.09. The number of carboxylic acids is 1. The van der Waals surface area contributed by atoms with Crippen molar-refractivity contribution in [2.75, 3.05) is 7.11 Å². The summed E-state index contributed by atoms with van der Waals surface area (Å²) in [5.74, 6) is -2.72. The van der Waals surface area contributed by atoms with Crippen molar-refractivity contribution in [1.82, 2.24) is 0 Å². The fraction of sp³-hybridized carbons (Fsp3) is 0.222. The van der Waals surface area contributed by atoms with Gasteiger partial charge in [0.25, 0.3) is 0 Å². The molecule has 5 heteroatoms. The van der Waals surface area contributed by atoms with Crippen molar-refractivity contribution in [2.45, 2.75) is 6.42 Å². The average Bonchev–Trinajstić information content (AvgIpc) is 2.10. The predicted octanol–water partition coefficient (Wildman–Crippen LogP) is 1.17. The number of hydrogen-bond acceptors (Lipinski definition) is 3. The molecule has 0 aromatic heterocycles. The van der Waals surface area contributed by atoms with Gasteiger partial charge in [-0.15, -0.1) is 0 Å². The molecular weight excluding hydrogens is 191 g/mol. The first-order chi connectivity index (χ1) is 6.54. The fourth-order valence-corrected chi connectivity index (χ4v) is 1.06. The topological polar surface area (TPSA) is 66.8 Å². The molecule has 76 valence electrons. The lowest BCUT2D eigenvalue weighted by Gasteiger charge is -2.05. The number of phenols is 1.